The van der Waals surface area contributed by atoms with Crippen LogP contribution in [0.15, 0.2) is 109 Å². The maximum Gasteiger partial charge on any atom is 0.113 e. The molecule has 2 heteroatoms. The van der Waals surface area contributed by atoms with E-state index in [-0.39, 0.29) is 12.2 Å². The highest BCUT2D eigenvalue weighted by Gasteiger charge is 2.27. The van der Waals surface area contributed by atoms with Crippen molar-refractivity contribution in [1.82, 2.24) is 0 Å². The first-order valence-electron chi connectivity index (χ1n) is 25.2. The Bertz CT molecular complexity index is 1520. The number of hydrogen-bond acceptors (Lipinski definition) is 2. The Labute approximate surface area is 367 Å². The van der Waals surface area contributed by atoms with Crippen molar-refractivity contribution in [2.24, 2.45) is 23.7 Å². The Kier molecular flexibility index (Phi) is 20.8. The second-order valence-corrected chi connectivity index (χ2v) is 19.2. The van der Waals surface area contributed by atoms with Crippen LogP contribution in [0.5, 0.6) is 0 Å². The quantitative estimate of drug-likeness (QED) is 0.0559. The van der Waals surface area contributed by atoms with Crippen molar-refractivity contribution in [3.63, 3.8) is 0 Å². The van der Waals surface area contributed by atoms with Gasteiger partial charge in [0.25, 0.3) is 0 Å². The molecule has 0 aromatic heterocycles. The first-order valence-corrected chi connectivity index (χ1v) is 25.2. The van der Waals surface area contributed by atoms with Crippen molar-refractivity contribution in [3.05, 3.63) is 143 Å². The summed E-state index contributed by atoms with van der Waals surface area (Å²) in [5, 5.41) is 0. The van der Waals surface area contributed by atoms with Crippen LogP contribution >= 0.6 is 0 Å². The third kappa shape index (κ3) is 16.2. The third-order valence-corrected chi connectivity index (χ3v) is 14.5. The highest BCUT2D eigenvalue weighted by molar-refractivity contribution is 5.27. The molecule has 60 heavy (non-hydrogen) atoms. The van der Waals surface area contributed by atoms with E-state index in [4.69, 9.17) is 9.47 Å². The van der Waals surface area contributed by atoms with E-state index in [9.17, 15) is 0 Å². The molecule has 0 aliphatic heterocycles. The average Bonchev–Trinajstić information content (AvgIpc) is 3.30. The molecule has 2 nitrogen and oxygen atoms in total. The van der Waals surface area contributed by atoms with E-state index in [1.54, 1.807) is 0 Å². The molecule has 4 aromatic carbocycles. The van der Waals surface area contributed by atoms with Gasteiger partial charge in [0.1, 0.15) is 12.2 Å². The minimum absolute atomic E-state index is 0.241. The molecule has 2 aliphatic rings. The summed E-state index contributed by atoms with van der Waals surface area (Å²) in [6, 6.07) is 39.7. The maximum absolute atomic E-state index is 6.88. The lowest BCUT2D eigenvalue weighted by molar-refractivity contribution is -0.0908. The fourth-order valence-electron chi connectivity index (χ4n) is 10.5. The van der Waals surface area contributed by atoms with Crippen LogP contribution in [-0.2, 0) is 35.5 Å². The largest absolute Gasteiger partial charge is 0.366 e. The average molecular weight is 811 g/mol. The van der Waals surface area contributed by atoms with Crippen LogP contribution in [0.25, 0.3) is 0 Å². The van der Waals surface area contributed by atoms with E-state index in [0.717, 1.165) is 34.8 Å². The molecule has 2 saturated carbocycles. The molecule has 0 N–H and O–H groups in total. The van der Waals surface area contributed by atoms with E-state index in [1.807, 2.05) is 0 Å². The van der Waals surface area contributed by atoms with E-state index < -0.39 is 0 Å². The number of hydrogen-bond donors (Lipinski definition) is 0. The molecule has 0 amide bonds. The van der Waals surface area contributed by atoms with Gasteiger partial charge < -0.3 is 9.47 Å². The van der Waals surface area contributed by atoms with Crippen LogP contribution in [-0.4, -0.2) is 0 Å². The molecule has 2 fully saturated rings. The minimum atomic E-state index is -0.241. The van der Waals surface area contributed by atoms with Crippen molar-refractivity contribution >= 4 is 0 Å². The first kappa shape index (κ1) is 46.3. The van der Waals surface area contributed by atoms with Crippen molar-refractivity contribution in [3.8, 4) is 0 Å². The Morgan fingerprint density at radius 2 is 0.667 bits per heavy atom. The normalized spacial score (nSPS) is 20.5. The summed E-state index contributed by atoms with van der Waals surface area (Å²) in [6.45, 7) is 5.73. The second kappa shape index (κ2) is 27.0. The Balaban J connectivity index is 0.955. The Hall–Kier alpha value is -3.20. The van der Waals surface area contributed by atoms with Crippen LogP contribution in [0.4, 0.5) is 0 Å². The van der Waals surface area contributed by atoms with E-state index >= 15 is 0 Å². The Morgan fingerprint density at radius 1 is 0.367 bits per heavy atom. The lowest BCUT2D eigenvalue weighted by Gasteiger charge is -2.29. The number of unbranched alkanes of at least 4 members (excludes halogenated alkanes) is 6. The van der Waals surface area contributed by atoms with Gasteiger partial charge in [-0.05, 0) is 82.7 Å². The Morgan fingerprint density at radius 3 is 0.983 bits per heavy atom. The molecule has 4 aromatic rings. The van der Waals surface area contributed by atoms with Crippen molar-refractivity contribution < 1.29 is 9.47 Å². The van der Waals surface area contributed by atoms with Crippen molar-refractivity contribution in [1.29, 1.82) is 0 Å². The standard InChI is InChI=1S/C58H82O2/c1-3-5-9-19-47-29-33-49(34-30-47)21-15-17-23-51-37-41-53(42-38-51)45-59-57(55-25-11-7-12-26-55)58(56-27-13-8-14-28-56)60-46-54-43-39-52(40-44-54)24-18-16-22-50-35-31-48(32-36-50)20-10-6-4-2/h7-8,11-14,25-28,37-44,47-50,57-58H,3-6,9-10,15-24,29-36,45-46H2,1-2H3. The third-order valence-electron chi connectivity index (χ3n) is 14.5. The van der Waals surface area contributed by atoms with Gasteiger partial charge in [-0.1, -0.05) is 251 Å². The fourth-order valence-corrected chi connectivity index (χ4v) is 10.5. The summed E-state index contributed by atoms with van der Waals surface area (Å²) in [5.74, 6) is 3.97. The molecule has 0 radical (unpaired) electrons. The number of ether oxygens (including phenoxy) is 2. The molecule has 6 rings (SSSR count). The van der Waals surface area contributed by atoms with Crippen LogP contribution in [0, 0.1) is 23.7 Å². The minimum Gasteiger partial charge on any atom is -0.366 e. The number of rotatable bonds is 27. The molecular formula is C58H82O2. The highest BCUT2D eigenvalue weighted by Crippen LogP contribution is 2.38. The lowest BCUT2D eigenvalue weighted by Crippen LogP contribution is -2.18. The number of benzene rings is 4. The predicted molar refractivity (Wildman–Crippen MR) is 255 cm³/mol. The van der Waals surface area contributed by atoms with Crippen LogP contribution in [0.1, 0.15) is 201 Å². The summed E-state index contributed by atoms with van der Waals surface area (Å²) in [4.78, 5) is 0. The maximum atomic E-state index is 6.88. The molecular weight excluding hydrogens is 729 g/mol. The van der Waals surface area contributed by atoms with E-state index in [2.05, 4.69) is 123 Å². The zero-order chi connectivity index (χ0) is 41.5. The van der Waals surface area contributed by atoms with Crippen molar-refractivity contribution in [2.75, 3.05) is 0 Å². The van der Waals surface area contributed by atoms with Crippen molar-refractivity contribution in [2.45, 2.75) is 193 Å². The zero-order valence-electron chi connectivity index (χ0n) is 38.1. The molecule has 0 bridgehead atoms. The molecule has 326 valence electrons. The molecule has 2 aliphatic carbocycles. The van der Waals surface area contributed by atoms with Gasteiger partial charge >= 0.3 is 0 Å². The molecule has 0 heterocycles. The van der Waals surface area contributed by atoms with Crippen LogP contribution in [0.2, 0.25) is 0 Å². The van der Waals surface area contributed by atoms with Gasteiger partial charge in [0.05, 0.1) is 13.2 Å². The second-order valence-electron chi connectivity index (χ2n) is 19.2. The smallest absolute Gasteiger partial charge is 0.113 e. The number of aryl methyl sites for hydroxylation is 2. The molecule has 0 spiro atoms. The topological polar surface area (TPSA) is 18.5 Å². The highest BCUT2D eigenvalue weighted by atomic mass is 16.5. The summed E-state index contributed by atoms with van der Waals surface area (Å²) in [6.07, 6.45) is 33.2. The predicted octanol–water partition coefficient (Wildman–Crippen LogP) is 17.1. The monoisotopic (exact) mass is 811 g/mol. The van der Waals surface area contributed by atoms with Crippen LogP contribution < -0.4 is 0 Å². The van der Waals surface area contributed by atoms with Gasteiger partial charge in [0, 0.05) is 0 Å². The van der Waals surface area contributed by atoms with E-state index in [0.29, 0.717) is 13.2 Å². The molecule has 0 saturated heterocycles. The summed E-state index contributed by atoms with van der Waals surface area (Å²) >= 11 is 0. The first-order chi connectivity index (χ1) is 29.7. The molecule has 2 unspecified atom stereocenters. The fraction of sp³-hybridized carbons (Fsp3) is 0.586. The van der Waals surface area contributed by atoms with Gasteiger partial charge in [-0.2, -0.15) is 0 Å². The summed E-state index contributed by atoms with van der Waals surface area (Å²) < 4.78 is 13.8. The zero-order valence-corrected chi connectivity index (χ0v) is 38.1. The van der Waals surface area contributed by atoms with Gasteiger partial charge in [-0.25, -0.2) is 0 Å². The van der Waals surface area contributed by atoms with Gasteiger partial charge in [-0.15, -0.1) is 0 Å². The van der Waals surface area contributed by atoms with Gasteiger partial charge in [-0.3, -0.25) is 0 Å². The lowest BCUT2D eigenvalue weighted by atomic mass is 9.78. The summed E-state index contributed by atoms with van der Waals surface area (Å²) in [7, 11) is 0. The SMILES string of the molecule is CCCCCC1CCC(CCCCc2ccc(COC(c3ccccc3)C(OCc3ccc(CCCCC4CCC(CCCCC)CC4)cc3)c3ccccc3)cc2)CC1. The van der Waals surface area contributed by atoms with Gasteiger partial charge in [0.2, 0.25) is 0 Å². The molecule has 2 atom stereocenters. The van der Waals surface area contributed by atoms with E-state index in [1.165, 1.54) is 176 Å². The van der Waals surface area contributed by atoms with Crippen LogP contribution in [0.3, 0.4) is 0 Å². The van der Waals surface area contributed by atoms with Gasteiger partial charge in [0.15, 0.2) is 0 Å². The summed E-state index contributed by atoms with van der Waals surface area (Å²) in [5.41, 5.74) is 7.60.